The average molecular weight is 393 g/mol. The first-order valence-electron chi connectivity index (χ1n) is 9.57. The highest BCUT2D eigenvalue weighted by Crippen LogP contribution is 2.30. The molecule has 150 valence electrons. The maximum absolute atomic E-state index is 12.6. The number of aromatic nitrogens is 1. The Bertz CT molecular complexity index is 1090. The number of hydrogen-bond acceptors (Lipinski definition) is 4. The maximum Gasteiger partial charge on any atom is 0.269 e. The number of fused-ring (bicyclic) bond motifs is 3. The van der Waals surface area contributed by atoms with E-state index in [1.165, 1.54) is 31.9 Å². The van der Waals surface area contributed by atoms with Crippen molar-refractivity contribution in [1.82, 2.24) is 15.8 Å². The highest BCUT2D eigenvalue weighted by molar-refractivity contribution is 6.01. The van der Waals surface area contributed by atoms with Crippen molar-refractivity contribution in [3.8, 4) is 11.5 Å². The number of hydrogen-bond donors (Lipinski definition) is 3. The molecule has 0 saturated carbocycles. The van der Waals surface area contributed by atoms with E-state index in [1.807, 2.05) is 12.1 Å². The molecule has 0 fully saturated rings. The Labute approximate surface area is 168 Å². The molecule has 0 unspecified atom stereocenters. The predicted octanol–water partition coefficient (Wildman–Crippen LogP) is 3.14. The molecule has 1 aliphatic rings. The van der Waals surface area contributed by atoms with Crippen LogP contribution in [0.1, 0.15) is 44.8 Å². The molecule has 1 aromatic heterocycles. The number of H-pyrrole nitrogens is 1. The zero-order valence-corrected chi connectivity index (χ0v) is 16.4. The molecule has 4 rings (SSSR count). The van der Waals surface area contributed by atoms with E-state index in [0.29, 0.717) is 22.6 Å². The van der Waals surface area contributed by atoms with E-state index in [-0.39, 0.29) is 5.91 Å². The van der Waals surface area contributed by atoms with Crippen LogP contribution in [0.5, 0.6) is 11.5 Å². The van der Waals surface area contributed by atoms with Gasteiger partial charge in [0.15, 0.2) is 11.5 Å². The van der Waals surface area contributed by atoms with E-state index in [4.69, 9.17) is 9.47 Å². The van der Waals surface area contributed by atoms with E-state index in [0.717, 1.165) is 30.2 Å². The van der Waals surface area contributed by atoms with E-state index in [1.54, 1.807) is 24.3 Å². The topological polar surface area (TPSA) is 92.5 Å². The van der Waals surface area contributed by atoms with Crippen LogP contribution in [0.15, 0.2) is 36.4 Å². The van der Waals surface area contributed by atoms with Crippen LogP contribution in [0, 0.1) is 0 Å². The van der Waals surface area contributed by atoms with Crippen molar-refractivity contribution in [3.63, 3.8) is 0 Å². The molecule has 1 heterocycles. The Morgan fingerprint density at radius 2 is 1.52 bits per heavy atom. The van der Waals surface area contributed by atoms with Crippen LogP contribution >= 0.6 is 0 Å². The number of carbonyl (C=O) groups is 2. The standard InChI is InChI=1S/C22H23N3O4/c1-28-19-10-8-14(12-20(19)29-2)22(27)25-24-21(26)13-7-9-18-16(11-13)15-5-3-4-6-17(15)23-18/h7-12,23H,3-6H2,1-2H3,(H,24,26)(H,25,27). The third kappa shape index (κ3) is 3.63. The van der Waals surface area contributed by atoms with E-state index in [2.05, 4.69) is 15.8 Å². The highest BCUT2D eigenvalue weighted by Gasteiger charge is 2.17. The minimum atomic E-state index is -0.445. The summed E-state index contributed by atoms with van der Waals surface area (Å²) >= 11 is 0. The van der Waals surface area contributed by atoms with Gasteiger partial charge in [0.2, 0.25) is 0 Å². The molecule has 7 heteroatoms. The lowest BCUT2D eigenvalue weighted by atomic mass is 9.95. The van der Waals surface area contributed by atoms with Crippen LogP contribution < -0.4 is 20.3 Å². The zero-order valence-electron chi connectivity index (χ0n) is 16.4. The molecule has 29 heavy (non-hydrogen) atoms. The second-order valence-corrected chi connectivity index (χ2v) is 7.03. The lowest BCUT2D eigenvalue weighted by Crippen LogP contribution is -2.41. The molecule has 0 radical (unpaired) electrons. The summed E-state index contributed by atoms with van der Waals surface area (Å²) in [5.41, 5.74) is 9.38. The van der Waals surface area contributed by atoms with Crippen molar-refractivity contribution in [2.24, 2.45) is 0 Å². The summed E-state index contributed by atoms with van der Waals surface area (Å²) < 4.78 is 10.4. The van der Waals surface area contributed by atoms with E-state index < -0.39 is 5.91 Å². The van der Waals surface area contributed by atoms with Gasteiger partial charge in [-0.05, 0) is 67.6 Å². The number of benzene rings is 2. The Morgan fingerprint density at radius 1 is 0.862 bits per heavy atom. The molecular formula is C22H23N3O4. The number of aromatic amines is 1. The number of carbonyl (C=O) groups excluding carboxylic acids is 2. The number of aryl methyl sites for hydroxylation is 2. The fourth-order valence-electron chi connectivity index (χ4n) is 3.78. The van der Waals surface area contributed by atoms with Gasteiger partial charge in [-0.15, -0.1) is 0 Å². The Balaban J connectivity index is 1.47. The lowest BCUT2D eigenvalue weighted by molar-refractivity contribution is 0.0846. The van der Waals surface area contributed by atoms with Crippen LogP contribution in [0.25, 0.3) is 10.9 Å². The first kappa shape index (κ1) is 18.9. The number of hydrazine groups is 1. The molecule has 1 aliphatic carbocycles. The Kier molecular flexibility index (Phi) is 5.12. The summed E-state index contributed by atoms with van der Waals surface area (Å²) in [5, 5.41) is 1.08. The third-order valence-electron chi connectivity index (χ3n) is 5.30. The molecule has 3 aromatic rings. The van der Waals surface area contributed by atoms with E-state index >= 15 is 0 Å². The van der Waals surface area contributed by atoms with Gasteiger partial charge in [0.05, 0.1) is 14.2 Å². The fourth-order valence-corrected chi connectivity index (χ4v) is 3.78. The fraction of sp³-hybridized carbons (Fsp3) is 0.273. The number of nitrogens with one attached hydrogen (secondary N) is 3. The highest BCUT2D eigenvalue weighted by atomic mass is 16.5. The van der Waals surface area contributed by atoms with Gasteiger partial charge in [-0.3, -0.25) is 20.4 Å². The van der Waals surface area contributed by atoms with Crippen molar-refractivity contribution in [2.75, 3.05) is 14.2 Å². The van der Waals surface area contributed by atoms with Crippen molar-refractivity contribution < 1.29 is 19.1 Å². The lowest BCUT2D eigenvalue weighted by Gasteiger charge is -2.11. The molecule has 0 bridgehead atoms. The Morgan fingerprint density at radius 3 is 2.24 bits per heavy atom. The van der Waals surface area contributed by atoms with Gasteiger partial charge in [0, 0.05) is 27.7 Å². The molecule has 0 saturated heterocycles. The van der Waals surface area contributed by atoms with Crippen LogP contribution in [0.4, 0.5) is 0 Å². The Hall–Kier alpha value is -3.48. The minimum Gasteiger partial charge on any atom is -0.493 e. The summed E-state index contributed by atoms with van der Waals surface area (Å²) in [6.45, 7) is 0. The van der Waals surface area contributed by atoms with Crippen LogP contribution in [0.3, 0.4) is 0 Å². The van der Waals surface area contributed by atoms with Gasteiger partial charge in [-0.25, -0.2) is 0 Å². The van der Waals surface area contributed by atoms with Crippen molar-refractivity contribution in [3.05, 3.63) is 58.8 Å². The molecule has 0 spiro atoms. The first-order chi connectivity index (χ1) is 14.1. The van der Waals surface area contributed by atoms with Gasteiger partial charge < -0.3 is 14.5 Å². The number of methoxy groups -OCH3 is 2. The molecule has 2 amide bonds. The monoisotopic (exact) mass is 393 g/mol. The second-order valence-electron chi connectivity index (χ2n) is 7.03. The second kappa shape index (κ2) is 7.87. The summed E-state index contributed by atoms with van der Waals surface area (Å²) in [6.07, 6.45) is 4.43. The summed E-state index contributed by atoms with van der Waals surface area (Å²) in [6, 6.07) is 10.3. The van der Waals surface area contributed by atoms with Crippen LogP contribution in [0.2, 0.25) is 0 Å². The van der Waals surface area contributed by atoms with E-state index in [9.17, 15) is 9.59 Å². The zero-order chi connectivity index (χ0) is 20.4. The van der Waals surface area contributed by atoms with Crippen molar-refractivity contribution in [2.45, 2.75) is 25.7 Å². The molecule has 0 atom stereocenters. The molecule has 3 N–H and O–H groups in total. The summed E-state index contributed by atoms with van der Waals surface area (Å²) in [4.78, 5) is 28.4. The quantitative estimate of drug-likeness (QED) is 0.594. The predicted molar refractivity (Wildman–Crippen MR) is 109 cm³/mol. The number of amides is 2. The van der Waals surface area contributed by atoms with Crippen LogP contribution in [-0.4, -0.2) is 31.0 Å². The maximum atomic E-state index is 12.6. The molecule has 7 nitrogen and oxygen atoms in total. The molecular weight excluding hydrogens is 370 g/mol. The van der Waals surface area contributed by atoms with Gasteiger partial charge in [-0.2, -0.15) is 0 Å². The minimum absolute atomic E-state index is 0.345. The van der Waals surface area contributed by atoms with Gasteiger partial charge >= 0.3 is 0 Å². The van der Waals surface area contributed by atoms with Gasteiger partial charge in [0.25, 0.3) is 11.8 Å². The van der Waals surface area contributed by atoms with Gasteiger partial charge in [0.1, 0.15) is 0 Å². The average Bonchev–Trinajstić information content (AvgIpc) is 3.14. The number of ether oxygens (including phenoxy) is 2. The summed E-state index contributed by atoms with van der Waals surface area (Å²) in [5.74, 6) is 0.149. The van der Waals surface area contributed by atoms with Gasteiger partial charge in [-0.1, -0.05) is 0 Å². The molecule has 2 aromatic carbocycles. The van der Waals surface area contributed by atoms with Crippen molar-refractivity contribution in [1.29, 1.82) is 0 Å². The third-order valence-corrected chi connectivity index (χ3v) is 5.30. The number of rotatable bonds is 4. The smallest absolute Gasteiger partial charge is 0.269 e. The summed E-state index contributed by atoms with van der Waals surface area (Å²) in [7, 11) is 3.02. The SMILES string of the molecule is COc1ccc(C(=O)NNC(=O)c2ccc3[nH]c4c(c3c2)CCCC4)cc1OC. The van der Waals surface area contributed by atoms with Crippen LogP contribution in [-0.2, 0) is 12.8 Å². The normalized spacial score (nSPS) is 12.9. The largest absolute Gasteiger partial charge is 0.493 e. The first-order valence-corrected chi connectivity index (χ1v) is 9.57. The molecule has 0 aliphatic heterocycles. The van der Waals surface area contributed by atoms with Crippen molar-refractivity contribution >= 4 is 22.7 Å².